The van der Waals surface area contributed by atoms with E-state index in [1.807, 2.05) is 55.5 Å². The number of anilines is 1. The number of carbonyl (C=O) groups is 1. The second-order valence-corrected chi connectivity index (χ2v) is 6.04. The van der Waals surface area contributed by atoms with Crippen LogP contribution in [0.3, 0.4) is 0 Å². The van der Waals surface area contributed by atoms with Gasteiger partial charge in [-0.3, -0.25) is 4.79 Å². The Labute approximate surface area is 151 Å². The maximum absolute atomic E-state index is 12.1. The van der Waals surface area contributed by atoms with Crippen LogP contribution in [-0.4, -0.2) is 22.3 Å². The molecule has 1 heterocycles. The van der Waals surface area contributed by atoms with E-state index in [0.717, 1.165) is 11.1 Å². The Morgan fingerprint density at radius 2 is 1.92 bits per heavy atom. The summed E-state index contributed by atoms with van der Waals surface area (Å²) in [5, 5.41) is 7.76. The highest BCUT2D eigenvalue weighted by molar-refractivity contribution is 6.30. The molecule has 0 fully saturated rings. The minimum absolute atomic E-state index is 0.0586. The number of carbonyl (C=O) groups excluding carboxylic acids is 1. The zero-order valence-electron chi connectivity index (χ0n) is 13.8. The second-order valence-electron chi connectivity index (χ2n) is 5.60. The van der Waals surface area contributed by atoms with E-state index in [4.69, 9.17) is 16.3 Å². The third-order valence-electron chi connectivity index (χ3n) is 3.68. The summed E-state index contributed by atoms with van der Waals surface area (Å²) in [6, 6.07) is 16.8. The summed E-state index contributed by atoms with van der Waals surface area (Å²) >= 11 is 5.90. The Morgan fingerprint density at radius 3 is 2.68 bits per heavy atom. The molecule has 128 valence electrons. The minimum atomic E-state index is -0.235. The zero-order valence-corrected chi connectivity index (χ0v) is 14.5. The van der Waals surface area contributed by atoms with Gasteiger partial charge in [-0.1, -0.05) is 41.9 Å². The Bertz CT molecular complexity index is 859. The normalized spacial score (nSPS) is 10.5. The van der Waals surface area contributed by atoms with Gasteiger partial charge in [-0.15, -0.1) is 0 Å². The van der Waals surface area contributed by atoms with Crippen LogP contribution < -0.4 is 10.1 Å². The number of amides is 1. The first-order valence-electron chi connectivity index (χ1n) is 7.86. The lowest BCUT2D eigenvalue weighted by molar-refractivity contribution is -0.118. The molecular formula is C19H18ClN3O2. The maximum Gasteiger partial charge on any atom is 0.263 e. The smallest absolute Gasteiger partial charge is 0.263 e. The molecular weight excluding hydrogens is 338 g/mol. The molecule has 0 aliphatic carbocycles. The van der Waals surface area contributed by atoms with Gasteiger partial charge in [0.15, 0.2) is 6.61 Å². The molecule has 0 aliphatic heterocycles. The topological polar surface area (TPSA) is 56.1 Å². The molecule has 6 heteroatoms. The van der Waals surface area contributed by atoms with Gasteiger partial charge < -0.3 is 10.1 Å². The fourth-order valence-corrected chi connectivity index (χ4v) is 2.49. The number of benzene rings is 2. The van der Waals surface area contributed by atoms with Gasteiger partial charge >= 0.3 is 0 Å². The van der Waals surface area contributed by atoms with Gasteiger partial charge in [-0.25, -0.2) is 4.68 Å². The van der Waals surface area contributed by atoms with Gasteiger partial charge in [0, 0.05) is 11.1 Å². The molecule has 0 unspecified atom stereocenters. The summed E-state index contributed by atoms with van der Waals surface area (Å²) in [4.78, 5) is 12.1. The van der Waals surface area contributed by atoms with E-state index in [1.165, 1.54) is 0 Å². The number of aryl methyl sites for hydroxylation is 1. The molecule has 0 radical (unpaired) electrons. The lowest BCUT2D eigenvalue weighted by atomic mass is 10.2. The lowest BCUT2D eigenvalue weighted by Gasteiger charge is -2.11. The highest BCUT2D eigenvalue weighted by Gasteiger charge is 2.09. The van der Waals surface area contributed by atoms with Crippen LogP contribution in [0.5, 0.6) is 5.75 Å². The van der Waals surface area contributed by atoms with Crippen LogP contribution in [0.1, 0.15) is 11.1 Å². The molecule has 0 aliphatic rings. The summed E-state index contributed by atoms with van der Waals surface area (Å²) in [6.45, 7) is 2.42. The minimum Gasteiger partial charge on any atom is -0.483 e. The van der Waals surface area contributed by atoms with E-state index < -0.39 is 0 Å². The summed E-state index contributed by atoms with van der Waals surface area (Å²) in [6.07, 6.45) is 1.65. The van der Waals surface area contributed by atoms with Gasteiger partial charge in [0.1, 0.15) is 11.6 Å². The first-order valence-corrected chi connectivity index (χ1v) is 8.24. The van der Waals surface area contributed by atoms with Gasteiger partial charge in [-0.2, -0.15) is 5.10 Å². The average Bonchev–Trinajstić information content (AvgIpc) is 3.03. The van der Waals surface area contributed by atoms with Crippen LogP contribution in [0.2, 0.25) is 5.02 Å². The molecule has 25 heavy (non-hydrogen) atoms. The third-order valence-corrected chi connectivity index (χ3v) is 3.93. The van der Waals surface area contributed by atoms with E-state index in [9.17, 15) is 4.79 Å². The molecule has 2 aromatic carbocycles. The SMILES string of the molecule is Cc1ccccc1OCC(=O)Nc1ccnn1Cc1ccc(Cl)cc1. The number of aromatic nitrogens is 2. The summed E-state index contributed by atoms with van der Waals surface area (Å²) in [7, 11) is 0. The standard InChI is InChI=1S/C19H18ClN3O2/c1-14-4-2-3-5-17(14)25-13-19(24)22-18-10-11-21-23(18)12-15-6-8-16(20)9-7-15/h2-11H,12-13H2,1H3,(H,22,24). The Kier molecular flexibility index (Phi) is 5.36. The summed E-state index contributed by atoms with van der Waals surface area (Å²) < 4.78 is 7.28. The number of nitrogens with one attached hydrogen (secondary N) is 1. The molecule has 1 N–H and O–H groups in total. The van der Waals surface area contributed by atoms with Gasteiger partial charge in [0.25, 0.3) is 5.91 Å². The van der Waals surface area contributed by atoms with Crippen LogP contribution in [0, 0.1) is 6.92 Å². The van der Waals surface area contributed by atoms with Crippen molar-refractivity contribution in [3.63, 3.8) is 0 Å². The number of hydrogen-bond acceptors (Lipinski definition) is 3. The van der Waals surface area contributed by atoms with E-state index in [0.29, 0.717) is 23.1 Å². The molecule has 0 atom stereocenters. The maximum atomic E-state index is 12.1. The molecule has 0 saturated carbocycles. The zero-order chi connectivity index (χ0) is 17.6. The number of para-hydroxylation sites is 1. The number of rotatable bonds is 6. The number of halogens is 1. The van der Waals surface area contributed by atoms with E-state index >= 15 is 0 Å². The van der Waals surface area contributed by atoms with Gasteiger partial charge in [0.05, 0.1) is 12.7 Å². The fourth-order valence-electron chi connectivity index (χ4n) is 2.37. The van der Waals surface area contributed by atoms with Crippen molar-refractivity contribution in [3.05, 3.63) is 76.9 Å². The van der Waals surface area contributed by atoms with Crippen LogP contribution in [0.4, 0.5) is 5.82 Å². The third kappa shape index (κ3) is 4.61. The Hall–Kier alpha value is -2.79. The van der Waals surface area contributed by atoms with Gasteiger partial charge in [0.2, 0.25) is 0 Å². The van der Waals surface area contributed by atoms with Crippen molar-refractivity contribution in [1.29, 1.82) is 0 Å². The highest BCUT2D eigenvalue weighted by Crippen LogP contribution is 2.16. The van der Waals surface area contributed by atoms with Crippen LogP contribution in [0.15, 0.2) is 60.8 Å². The highest BCUT2D eigenvalue weighted by atomic mass is 35.5. The van der Waals surface area contributed by atoms with Crippen LogP contribution >= 0.6 is 11.6 Å². The quantitative estimate of drug-likeness (QED) is 0.729. The summed E-state index contributed by atoms with van der Waals surface area (Å²) in [5.74, 6) is 1.08. The second kappa shape index (κ2) is 7.85. The van der Waals surface area contributed by atoms with Crippen molar-refractivity contribution in [1.82, 2.24) is 9.78 Å². The molecule has 0 saturated heterocycles. The van der Waals surface area contributed by atoms with Gasteiger partial charge in [-0.05, 0) is 36.2 Å². The molecule has 3 rings (SSSR count). The molecule has 1 aromatic heterocycles. The van der Waals surface area contributed by atoms with Crippen LogP contribution in [-0.2, 0) is 11.3 Å². The van der Waals surface area contributed by atoms with Crippen molar-refractivity contribution < 1.29 is 9.53 Å². The van der Waals surface area contributed by atoms with Crippen molar-refractivity contribution in [2.24, 2.45) is 0 Å². The molecule has 1 amide bonds. The van der Waals surface area contributed by atoms with Crippen LogP contribution in [0.25, 0.3) is 0 Å². The van der Waals surface area contributed by atoms with E-state index in [-0.39, 0.29) is 12.5 Å². The molecule has 0 spiro atoms. The summed E-state index contributed by atoms with van der Waals surface area (Å²) in [5.41, 5.74) is 2.03. The van der Waals surface area contributed by atoms with E-state index in [2.05, 4.69) is 10.4 Å². The number of ether oxygens (including phenoxy) is 1. The monoisotopic (exact) mass is 355 g/mol. The Balaban J connectivity index is 1.59. The first kappa shape index (κ1) is 17.0. The Morgan fingerprint density at radius 1 is 1.16 bits per heavy atom. The largest absolute Gasteiger partial charge is 0.483 e. The van der Waals surface area contributed by atoms with Crippen molar-refractivity contribution in [3.8, 4) is 5.75 Å². The lowest BCUT2D eigenvalue weighted by Crippen LogP contribution is -2.22. The van der Waals surface area contributed by atoms with E-state index in [1.54, 1.807) is 16.9 Å². The number of nitrogens with zero attached hydrogens (tertiary/aromatic N) is 2. The first-order chi connectivity index (χ1) is 12.1. The fraction of sp³-hybridized carbons (Fsp3) is 0.158. The molecule has 0 bridgehead atoms. The number of hydrogen-bond donors (Lipinski definition) is 1. The predicted octanol–water partition coefficient (Wildman–Crippen LogP) is 3.91. The average molecular weight is 356 g/mol. The molecule has 3 aromatic rings. The predicted molar refractivity (Wildman–Crippen MR) is 98.1 cm³/mol. The van der Waals surface area contributed by atoms with Crippen molar-refractivity contribution in [2.45, 2.75) is 13.5 Å². The van der Waals surface area contributed by atoms with Crippen molar-refractivity contribution in [2.75, 3.05) is 11.9 Å². The molecule has 5 nitrogen and oxygen atoms in total. The van der Waals surface area contributed by atoms with Crippen molar-refractivity contribution >= 4 is 23.3 Å².